The van der Waals surface area contributed by atoms with Gasteiger partial charge < -0.3 is 11.1 Å². The maximum Gasteiger partial charge on any atom is 0.255 e. The molecule has 3 aromatic rings. The van der Waals surface area contributed by atoms with Crippen LogP contribution in [0.1, 0.15) is 26.3 Å². The third kappa shape index (κ3) is 3.75. The quantitative estimate of drug-likeness (QED) is 0.758. The highest BCUT2D eigenvalue weighted by Gasteiger charge is 2.12. The van der Waals surface area contributed by atoms with Crippen molar-refractivity contribution in [2.75, 3.05) is 5.32 Å². The minimum atomic E-state index is -0.571. The number of nitrogens with one attached hydrogen (secondary N) is 1. The molecule has 3 aromatic carbocycles. The second kappa shape index (κ2) is 7.01. The molecule has 0 bridgehead atoms. The Hall–Kier alpha value is -3.40. The number of hydrogen-bond acceptors (Lipinski definition) is 2. The molecule has 0 aliphatic carbocycles. The van der Waals surface area contributed by atoms with Gasteiger partial charge in [0.2, 0.25) is 0 Å². The fourth-order valence-electron chi connectivity index (χ4n) is 2.61. The second-order valence-electron chi connectivity index (χ2n) is 5.81. The maximum absolute atomic E-state index is 12.5. The highest BCUT2D eigenvalue weighted by Crippen LogP contribution is 2.21. The van der Waals surface area contributed by atoms with E-state index in [4.69, 9.17) is 5.73 Å². The van der Waals surface area contributed by atoms with Crippen LogP contribution in [0.15, 0.2) is 72.8 Å². The zero-order valence-corrected chi connectivity index (χ0v) is 13.8. The number of primary amides is 1. The third-order valence-electron chi connectivity index (χ3n) is 3.94. The molecule has 4 heteroatoms. The van der Waals surface area contributed by atoms with E-state index in [-0.39, 0.29) is 5.91 Å². The molecule has 0 aliphatic rings. The summed E-state index contributed by atoms with van der Waals surface area (Å²) in [6.45, 7) is 1.86. The molecular formula is C21H18N2O2. The molecule has 3 rings (SSSR count). The smallest absolute Gasteiger partial charge is 0.255 e. The van der Waals surface area contributed by atoms with Crippen LogP contribution in [0.2, 0.25) is 0 Å². The van der Waals surface area contributed by atoms with Crippen molar-refractivity contribution in [3.63, 3.8) is 0 Å². The number of rotatable bonds is 4. The molecule has 0 saturated carbocycles. The lowest BCUT2D eigenvalue weighted by Crippen LogP contribution is -2.18. The van der Waals surface area contributed by atoms with Gasteiger partial charge in [0.25, 0.3) is 11.8 Å². The third-order valence-corrected chi connectivity index (χ3v) is 3.94. The van der Waals surface area contributed by atoms with Crippen LogP contribution >= 0.6 is 0 Å². The molecule has 0 unspecified atom stereocenters. The molecule has 25 heavy (non-hydrogen) atoms. The van der Waals surface area contributed by atoms with Crippen molar-refractivity contribution in [3.05, 3.63) is 89.5 Å². The summed E-state index contributed by atoms with van der Waals surface area (Å²) in [7, 11) is 0. The fourth-order valence-corrected chi connectivity index (χ4v) is 2.61. The standard InChI is InChI=1S/C21H18N2O2/c1-14-7-12-19(18(13-14)20(22)24)23-21(25)17-10-8-16(9-11-17)15-5-3-2-4-6-15/h2-13H,1H3,(H2,22,24)(H,23,25). The Balaban J connectivity index is 1.82. The van der Waals surface area contributed by atoms with E-state index in [1.807, 2.05) is 55.5 Å². The van der Waals surface area contributed by atoms with E-state index in [2.05, 4.69) is 5.32 Å². The molecule has 0 fully saturated rings. The Morgan fingerprint density at radius 2 is 1.48 bits per heavy atom. The zero-order chi connectivity index (χ0) is 17.8. The largest absolute Gasteiger partial charge is 0.366 e. The molecule has 0 radical (unpaired) electrons. The number of benzene rings is 3. The number of anilines is 1. The van der Waals surface area contributed by atoms with Crippen LogP contribution in [-0.4, -0.2) is 11.8 Å². The van der Waals surface area contributed by atoms with E-state index in [1.165, 1.54) is 0 Å². The van der Waals surface area contributed by atoms with E-state index in [0.29, 0.717) is 16.8 Å². The van der Waals surface area contributed by atoms with Gasteiger partial charge in [-0.1, -0.05) is 54.1 Å². The number of nitrogens with two attached hydrogens (primary N) is 1. The summed E-state index contributed by atoms with van der Waals surface area (Å²) in [5, 5.41) is 2.75. The van der Waals surface area contributed by atoms with Crippen LogP contribution < -0.4 is 11.1 Å². The molecule has 0 atom stereocenters. The lowest BCUT2D eigenvalue weighted by atomic mass is 10.0. The SMILES string of the molecule is Cc1ccc(NC(=O)c2ccc(-c3ccccc3)cc2)c(C(N)=O)c1. The lowest BCUT2D eigenvalue weighted by molar-refractivity contribution is 0.100. The van der Waals surface area contributed by atoms with Crippen LogP contribution in [-0.2, 0) is 0 Å². The van der Waals surface area contributed by atoms with Crippen molar-refractivity contribution < 1.29 is 9.59 Å². The normalized spacial score (nSPS) is 10.3. The first-order valence-corrected chi connectivity index (χ1v) is 7.92. The highest BCUT2D eigenvalue weighted by molar-refractivity contribution is 6.08. The first kappa shape index (κ1) is 16.5. The van der Waals surface area contributed by atoms with E-state index in [9.17, 15) is 9.59 Å². The first-order valence-electron chi connectivity index (χ1n) is 7.92. The van der Waals surface area contributed by atoms with Crippen LogP contribution in [0.5, 0.6) is 0 Å². The van der Waals surface area contributed by atoms with Crippen molar-refractivity contribution in [1.29, 1.82) is 0 Å². The summed E-state index contributed by atoms with van der Waals surface area (Å²) in [6.07, 6.45) is 0. The Bertz CT molecular complexity index is 916. The minimum absolute atomic E-state index is 0.286. The molecule has 124 valence electrons. The molecule has 0 aliphatic heterocycles. The molecule has 4 nitrogen and oxygen atoms in total. The lowest BCUT2D eigenvalue weighted by Gasteiger charge is -2.10. The number of aryl methyl sites for hydroxylation is 1. The van der Waals surface area contributed by atoms with Crippen LogP contribution in [0.25, 0.3) is 11.1 Å². The predicted octanol–water partition coefficient (Wildman–Crippen LogP) is 4.01. The number of hydrogen-bond donors (Lipinski definition) is 2. The monoisotopic (exact) mass is 330 g/mol. The predicted molar refractivity (Wildman–Crippen MR) is 99.5 cm³/mol. The van der Waals surface area contributed by atoms with Crippen LogP contribution in [0.3, 0.4) is 0 Å². The maximum atomic E-state index is 12.5. The topological polar surface area (TPSA) is 72.2 Å². The van der Waals surface area contributed by atoms with Crippen molar-refractivity contribution in [2.45, 2.75) is 6.92 Å². The molecular weight excluding hydrogens is 312 g/mol. The number of amides is 2. The van der Waals surface area contributed by atoms with Gasteiger partial charge in [0.05, 0.1) is 11.3 Å². The van der Waals surface area contributed by atoms with Crippen LogP contribution in [0.4, 0.5) is 5.69 Å². The Morgan fingerprint density at radius 3 is 2.12 bits per heavy atom. The van der Waals surface area contributed by atoms with Gasteiger partial charge >= 0.3 is 0 Å². The Morgan fingerprint density at radius 1 is 0.840 bits per heavy atom. The molecule has 0 aromatic heterocycles. The van der Waals surface area contributed by atoms with Gasteiger partial charge in [0.15, 0.2) is 0 Å². The average molecular weight is 330 g/mol. The summed E-state index contributed by atoms with van der Waals surface area (Å²) >= 11 is 0. The van der Waals surface area contributed by atoms with Gasteiger partial charge in [-0.3, -0.25) is 9.59 Å². The Labute approximate surface area is 146 Å². The second-order valence-corrected chi connectivity index (χ2v) is 5.81. The van der Waals surface area contributed by atoms with Gasteiger partial charge in [0.1, 0.15) is 0 Å². The van der Waals surface area contributed by atoms with Crippen molar-refractivity contribution in [3.8, 4) is 11.1 Å². The summed E-state index contributed by atoms with van der Waals surface area (Å²) in [4.78, 5) is 24.0. The first-order chi connectivity index (χ1) is 12.0. The Kier molecular flexibility index (Phi) is 4.61. The van der Waals surface area contributed by atoms with Gasteiger partial charge in [-0.2, -0.15) is 0 Å². The summed E-state index contributed by atoms with van der Waals surface area (Å²) in [5.74, 6) is -0.857. The number of carbonyl (C=O) groups excluding carboxylic acids is 2. The van der Waals surface area contributed by atoms with Gasteiger partial charge in [-0.15, -0.1) is 0 Å². The summed E-state index contributed by atoms with van der Waals surface area (Å²) in [5.41, 5.74) is 9.64. The molecule has 0 spiro atoms. The van der Waals surface area contributed by atoms with Gasteiger partial charge in [-0.05, 0) is 42.3 Å². The van der Waals surface area contributed by atoms with Crippen molar-refractivity contribution in [2.24, 2.45) is 5.73 Å². The van der Waals surface area contributed by atoms with Gasteiger partial charge in [0, 0.05) is 5.56 Å². The molecule has 3 N–H and O–H groups in total. The van der Waals surface area contributed by atoms with E-state index in [0.717, 1.165) is 16.7 Å². The summed E-state index contributed by atoms with van der Waals surface area (Å²) < 4.78 is 0. The van der Waals surface area contributed by atoms with Crippen LogP contribution in [0, 0.1) is 6.92 Å². The summed E-state index contributed by atoms with van der Waals surface area (Å²) in [6, 6.07) is 22.4. The zero-order valence-electron chi connectivity index (χ0n) is 13.8. The van der Waals surface area contributed by atoms with Crippen molar-refractivity contribution in [1.82, 2.24) is 0 Å². The molecule has 0 heterocycles. The average Bonchev–Trinajstić information content (AvgIpc) is 2.64. The molecule has 0 saturated heterocycles. The fraction of sp³-hybridized carbons (Fsp3) is 0.0476. The molecule has 2 amide bonds. The number of carbonyl (C=O) groups is 2. The minimum Gasteiger partial charge on any atom is -0.366 e. The van der Waals surface area contributed by atoms with E-state index >= 15 is 0 Å². The van der Waals surface area contributed by atoms with Crippen molar-refractivity contribution >= 4 is 17.5 Å². The van der Waals surface area contributed by atoms with E-state index < -0.39 is 5.91 Å². The highest BCUT2D eigenvalue weighted by atomic mass is 16.2. The van der Waals surface area contributed by atoms with E-state index in [1.54, 1.807) is 24.3 Å². The van der Waals surface area contributed by atoms with Gasteiger partial charge in [-0.25, -0.2) is 0 Å².